The lowest BCUT2D eigenvalue weighted by Crippen LogP contribution is -1.86. The molecule has 0 atom stereocenters. The minimum Gasteiger partial charge on any atom is -0.399 e. The summed E-state index contributed by atoms with van der Waals surface area (Å²) in [6.07, 6.45) is 3.05. The SMILES string of the molecule is Nc1ccc2nc(SCCCCCO)[nH]c2c1. The average Bonchev–Trinajstić information content (AvgIpc) is 2.70. The number of hydrogen-bond acceptors (Lipinski definition) is 4. The van der Waals surface area contributed by atoms with E-state index >= 15 is 0 Å². The van der Waals surface area contributed by atoms with Crippen LogP contribution in [0.5, 0.6) is 0 Å². The molecule has 1 aromatic heterocycles. The van der Waals surface area contributed by atoms with Crippen LogP contribution in [0.3, 0.4) is 0 Å². The molecular weight excluding hydrogens is 234 g/mol. The number of nitrogens with zero attached hydrogens (tertiary/aromatic N) is 1. The maximum Gasteiger partial charge on any atom is 0.166 e. The number of nitrogen functional groups attached to an aromatic ring is 1. The third-order valence-electron chi connectivity index (χ3n) is 2.53. The zero-order valence-electron chi connectivity index (χ0n) is 9.65. The van der Waals surface area contributed by atoms with Gasteiger partial charge in [-0.2, -0.15) is 0 Å². The van der Waals surface area contributed by atoms with E-state index in [1.807, 2.05) is 18.2 Å². The lowest BCUT2D eigenvalue weighted by atomic mass is 10.3. The normalized spacial score (nSPS) is 11.1. The molecule has 1 aromatic carbocycles. The van der Waals surface area contributed by atoms with E-state index in [4.69, 9.17) is 10.8 Å². The Morgan fingerprint density at radius 1 is 1.29 bits per heavy atom. The highest BCUT2D eigenvalue weighted by molar-refractivity contribution is 7.99. The Kier molecular flexibility index (Phi) is 4.28. The molecule has 0 saturated carbocycles. The number of thioether (sulfide) groups is 1. The van der Waals surface area contributed by atoms with Crippen LogP contribution in [-0.2, 0) is 0 Å². The van der Waals surface area contributed by atoms with Crippen molar-refractivity contribution in [1.82, 2.24) is 9.97 Å². The van der Waals surface area contributed by atoms with Crippen LogP contribution in [0.25, 0.3) is 11.0 Å². The number of nitrogens with one attached hydrogen (secondary N) is 1. The Labute approximate surface area is 105 Å². The second-order valence-corrected chi connectivity index (χ2v) is 5.03. The van der Waals surface area contributed by atoms with Gasteiger partial charge in [0.15, 0.2) is 5.16 Å². The predicted molar refractivity (Wildman–Crippen MR) is 72.2 cm³/mol. The fourth-order valence-corrected chi connectivity index (χ4v) is 2.52. The first-order valence-corrected chi connectivity index (χ1v) is 6.77. The van der Waals surface area contributed by atoms with Crippen molar-refractivity contribution < 1.29 is 5.11 Å². The molecule has 4 N–H and O–H groups in total. The van der Waals surface area contributed by atoms with Gasteiger partial charge >= 0.3 is 0 Å². The minimum absolute atomic E-state index is 0.286. The molecule has 1 heterocycles. The number of imidazole rings is 1. The molecule has 0 radical (unpaired) electrons. The number of H-pyrrole nitrogens is 1. The Bertz CT molecular complexity index is 484. The largest absolute Gasteiger partial charge is 0.399 e. The quantitative estimate of drug-likeness (QED) is 0.418. The van der Waals surface area contributed by atoms with E-state index < -0.39 is 0 Å². The molecule has 4 nitrogen and oxygen atoms in total. The van der Waals surface area contributed by atoms with E-state index in [0.29, 0.717) is 0 Å². The molecule has 2 rings (SSSR count). The average molecular weight is 251 g/mol. The lowest BCUT2D eigenvalue weighted by Gasteiger charge is -1.96. The summed E-state index contributed by atoms with van der Waals surface area (Å²) in [4.78, 5) is 7.72. The molecule has 92 valence electrons. The third kappa shape index (κ3) is 3.38. The number of aliphatic hydroxyl groups is 1. The van der Waals surface area contributed by atoms with Crippen LogP contribution in [0.4, 0.5) is 5.69 Å². The van der Waals surface area contributed by atoms with Gasteiger partial charge in [-0.25, -0.2) is 4.98 Å². The first-order chi connectivity index (χ1) is 8.29. The predicted octanol–water partition coefficient (Wildman–Crippen LogP) is 2.40. The van der Waals surface area contributed by atoms with Crippen LogP contribution in [0, 0.1) is 0 Å². The fraction of sp³-hybridized carbons (Fsp3) is 0.417. The molecule has 2 aromatic rings. The number of aliphatic hydroxyl groups excluding tert-OH is 1. The minimum atomic E-state index is 0.286. The number of fused-ring (bicyclic) bond motifs is 1. The molecule has 0 amide bonds. The molecule has 0 aliphatic carbocycles. The highest BCUT2D eigenvalue weighted by atomic mass is 32.2. The molecule has 0 fully saturated rings. The van der Waals surface area contributed by atoms with Crippen molar-refractivity contribution in [2.24, 2.45) is 0 Å². The van der Waals surface area contributed by atoms with Crippen LogP contribution in [0.15, 0.2) is 23.4 Å². The highest BCUT2D eigenvalue weighted by Crippen LogP contribution is 2.21. The number of unbranched alkanes of at least 4 members (excludes halogenated alkanes) is 2. The van der Waals surface area contributed by atoms with Gasteiger partial charge < -0.3 is 15.8 Å². The van der Waals surface area contributed by atoms with Crippen molar-refractivity contribution in [2.75, 3.05) is 18.1 Å². The summed E-state index contributed by atoms with van der Waals surface area (Å²) in [6.45, 7) is 0.286. The highest BCUT2D eigenvalue weighted by Gasteiger charge is 2.03. The standard InChI is InChI=1S/C12H17N3OS/c13-9-4-5-10-11(8-9)15-12(14-10)17-7-3-1-2-6-16/h4-5,8,16H,1-3,6-7,13H2,(H,14,15). The van der Waals surface area contributed by atoms with Crippen molar-refractivity contribution in [2.45, 2.75) is 24.4 Å². The van der Waals surface area contributed by atoms with Gasteiger partial charge in [0.05, 0.1) is 11.0 Å². The molecule has 5 heteroatoms. The van der Waals surface area contributed by atoms with Gasteiger partial charge in [-0.3, -0.25) is 0 Å². The van der Waals surface area contributed by atoms with Gasteiger partial charge in [0.1, 0.15) is 0 Å². The maximum absolute atomic E-state index is 8.67. The summed E-state index contributed by atoms with van der Waals surface area (Å²) in [5.74, 6) is 1.02. The number of rotatable bonds is 6. The van der Waals surface area contributed by atoms with Crippen molar-refractivity contribution >= 4 is 28.5 Å². The fourth-order valence-electron chi connectivity index (χ4n) is 1.63. The van der Waals surface area contributed by atoms with Gasteiger partial charge in [0.2, 0.25) is 0 Å². The van der Waals surface area contributed by atoms with Crippen molar-refractivity contribution in [3.63, 3.8) is 0 Å². The number of benzene rings is 1. The van der Waals surface area contributed by atoms with Crippen LogP contribution < -0.4 is 5.73 Å². The Balaban J connectivity index is 1.91. The summed E-state index contributed by atoms with van der Waals surface area (Å²) in [5, 5.41) is 9.61. The first kappa shape index (κ1) is 12.3. The van der Waals surface area contributed by atoms with Crippen molar-refractivity contribution in [3.05, 3.63) is 18.2 Å². The number of aromatic nitrogens is 2. The monoisotopic (exact) mass is 251 g/mol. The summed E-state index contributed by atoms with van der Waals surface area (Å²) in [5.41, 5.74) is 8.40. The zero-order valence-corrected chi connectivity index (χ0v) is 10.5. The zero-order chi connectivity index (χ0) is 12.1. The topological polar surface area (TPSA) is 74.9 Å². The first-order valence-electron chi connectivity index (χ1n) is 5.78. The summed E-state index contributed by atoms with van der Waals surface area (Å²) >= 11 is 1.71. The van der Waals surface area contributed by atoms with E-state index in [2.05, 4.69) is 9.97 Å². The molecule has 0 unspecified atom stereocenters. The van der Waals surface area contributed by atoms with Crippen LogP contribution >= 0.6 is 11.8 Å². The van der Waals surface area contributed by atoms with Crippen LogP contribution in [0.2, 0.25) is 0 Å². The second kappa shape index (κ2) is 5.93. The third-order valence-corrected chi connectivity index (χ3v) is 3.49. The Morgan fingerprint density at radius 2 is 2.18 bits per heavy atom. The van der Waals surface area contributed by atoms with E-state index in [9.17, 15) is 0 Å². The van der Waals surface area contributed by atoms with E-state index in [-0.39, 0.29) is 6.61 Å². The van der Waals surface area contributed by atoms with E-state index in [1.54, 1.807) is 11.8 Å². The maximum atomic E-state index is 8.67. The Hall–Kier alpha value is -1.20. The van der Waals surface area contributed by atoms with Crippen LogP contribution in [-0.4, -0.2) is 27.4 Å². The number of nitrogens with two attached hydrogens (primary N) is 1. The van der Waals surface area contributed by atoms with Gasteiger partial charge in [-0.05, 0) is 31.0 Å². The van der Waals surface area contributed by atoms with Crippen molar-refractivity contribution in [3.8, 4) is 0 Å². The second-order valence-electron chi connectivity index (χ2n) is 3.95. The van der Waals surface area contributed by atoms with E-state index in [0.717, 1.165) is 46.9 Å². The molecule has 0 aliphatic heterocycles. The molecule has 0 bridgehead atoms. The number of anilines is 1. The number of aromatic amines is 1. The molecule has 0 saturated heterocycles. The van der Waals surface area contributed by atoms with Gasteiger partial charge in [-0.15, -0.1) is 0 Å². The summed E-state index contributed by atoms with van der Waals surface area (Å²) in [7, 11) is 0. The summed E-state index contributed by atoms with van der Waals surface area (Å²) in [6, 6.07) is 5.69. The van der Waals surface area contributed by atoms with Crippen LogP contribution in [0.1, 0.15) is 19.3 Å². The smallest absolute Gasteiger partial charge is 0.166 e. The van der Waals surface area contributed by atoms with Gasteiger partial charge in [-0.1, -0.05) is 18.2 Å². The summed E-state index contributed by atoms with van der Waals surface area (Å²) < 4.78 is 0. The molecule has 0 spiro atoms. The molecule has 0 aliphatic rings. The van der Waals surface area contributed by atoms with Gasteiger partial charge in [0, 0.05) is 18.0 Å². The molecule has 17 heavy (non-hydrogen) atoms. The molecular formula is C12H17N3OS. The Morgan fingerprint density at radius 3 is 3.00 bits per heavy atom. The number of hydrogen-bond donors (Lipinski definition) is 3. The van der Waals surface area contributed by atoms with Gasteiger partial charge in [0.25, 0.3) is 0 Å². The van der Waals surface area contributed by atoms with E-state index in [1.165, 1.54) is 0 Å². The lowest BCUT2D eigenvalue weighted by molar-refractivity contribution is 0.284. The van der Waals surface area contributed by atoms with Crippen molar-refractivity contribution in [1.29, 1.82) is 0 Å².